The number of nitrogens with zero attached hydrogens (tertiary/aromatic N) is 3. The van der Waals surface area contributed by atoms with E-state index < -0.39 is 12.0 Å². The van der Waals surface area contributed by atoms with Crippen LogP contribution in [0.1, 0.15) is 17.5 Å². The highest BCUT2D eigenvalue weighted by molar-refractivity contribution is 5.88. The Labute approximate surface area is 194 Å². The number of carbonyl (C=O) groups is 3. The van der Waals surface area contributed by atoms with Gasteiger partial charge in [-0.1, -0.05) is 0 Å². The van der Waals surface area contributed by atoms with Gasteiger partial charge in [0.1, 0.15) is 6.04 Å². The molecule has 0 saturated carbocycles. The van der Waals surface area contributed by atoms with Crippen LogP contribution in [0.4, 0.5) is 0 Å². The first-order valence-corrected chi connectivity index (χ1v) is 11.2. The van der Waals surface area contributed by atoms with Crippen molar-refractivity contribution in [2.75, 3.05) is 67.1 Å². The van der Waals surface area contributed by atoms with Gasteiger partial charge in [0.25, 0.3) is 0 Å². The number of piperazine rings is 2. The lowest BCUT2D eigenvalue weighted by molar-refractivity contribution is -0.147. The zero-order chi connectivity index (χ0) is 24.0. The zero-order valence-electron chi connectivity index (χ0n) is 19.9. The molecule has 10 heteroatoms. The molecule has 0 radical (unpaired) electrons. The van der Waals surface area contributed by atoms with Crippen LogP contribution in [-0.4, -0.2) is 106 Å². The molecule has 2 aliphatic rings. The van der Waals surface area contributed by atoms with E-state index in [4.69, 9.17) is 14.2 Å². The van der Waals surface area contributed by atoms with Gasteiger partial charge < -0.3 is 24.4 Å². The third kappa shape index (κ3) is 6.14. The smallest absolute Gasteiger partial charge is 0.307 e. The van der Waals surface area contributed by atoms with Gasteiger partial charge in [-0.3, -0.25) is 24.2 Å². The van der Waals surface area contributed by atoms with Crippen molar-refractivity contribution in [3.63, 3.8) is 0 Å². The van der Waals surface area contributed by atoms with Crippen molar-refractivity contribution in [1.29, 1.82) is 0 Å². The quantitative estimate of drug-likeness (QED) is 0.540. The molecule has 0 bridgehead atoms. The van der Waals surface area contributed by atoms with Crippen LogP contribution in [0.25, 0.3) is 0 Å². The molecule has 2 fully saturated rings. The summed E-state index contributed by atoms with van der Waals surface area (Å²) in [5.74, 6) is 0.690. The maximum atomic E-state index is 12.9. The first-order valence-electron chi connectivity index (χ1n) is 11.2. The van der Waals surface area contributed by atoms with Crippen molar-refractivity contribution in [1.82, 2.24) is 20.0 Å². The number of ether oxygens (including phenoxy) is 3. The molecule has 2 heterocycles. The molecule has 0 spiro atoms. The molecule has 0 unspecified atom stereocenters. The van der Waals surface area contributed by atoms with E-state index in [2.05, 4.69) is 17.1 Å². The summed E-state index contributed by atoms with van der Waals surface area (Å²) in [5, 5.41) is 2.76. The predicted molar refractivity (Wildman–Crippen MR) is 121 cm³/mol. The summed E-state index contributed by atoms with van der Waals surface area (Å²) in [6.07, 6.45) is -0.0614. The van der Waals surface area contributed by atoms with Crippen LogP contribution in [-0.2, 0) is 25.7 Å². The summed E-state index contributed by atoms with van der Waals surface area (Å²) < 4.78 is 15.5. The molecule has 10 nitrogen and oxygen atoms in total. The summed E-state index contributed by atoms with van der Waals surface area (Å²) in [5.41, 5.74) is 2.29. The summed E-state index contributed by atoms with van der Waals surface area (Å²) in [7, 11) is 4.55. The molecule has 1 aromatic carbocycles. The Balaban J connectivity index is 1.54. The Kier molecular flexibility index (Phi) is 8.51. The lowest BCUT2D eigenvalue weighted by Crippen LogP contribution is -2.59. The minimum Gasteiger partial charge on any atom is -0.493 e. The normalized spacial score (nSPS) is 19.7. The first-order chi connectivity index (χ1) is 15.9. The SMILES string of the molecule is COC(=O)C[C@@H]1C(=O)NCCN1CC(=O)N1CCN(Cc2cc(OC)c(OC)cc2C)CC1. The zero-order valence-corrected chi connectivity index (χ0v) is 19.9. The predicted octanol–water partition coefficient (Wildman–Crippen LogP) is 0.0199. The second-order valence-electron chi connectivity index (χ2n) is 8.35. The van der Waals surface area contributed by atoms with Crippen LogP contribution >= 0.6 is 0 Å². The van der Waals surface area contributed by atoms with Gasteiger partial charge in [-0.2, -0.15) is 0 Å². The van der Waals surface area contributed by atoms with E-state index in [-0.39, 0.29) is 24.8 Å². The number of carbonyl (C=O) groups excluding carboxylic acids is 3. The van der Waals surface area contributed by atoms with Crippen LogP contribution in [0.3, 0.4) is 0 Å². The highest BCUT2D eigenvalue weighted by Gasteiger charge is 2.34. The molecule has 3 rings (SSSR count). The fraction of sp³-hybridized carbons (Fsp3) is 0.609. The molecule has 1 N–H and O–H groups in total. The van der Waals surface area contributed by atoms with E-state index in [1.807, 2.05) is 17.0 Å². The minimum atomic E-state index is -0.676. The van der Waals surface area contributed by atoms with Crippen molar-refractivity contribution in [2.24, 2.45) is 0 Å². The second-order valence-corrected chi connectivity index (χ2v) is 8.35. The fourth-order valence-corrected chi connectivity index (χ4v) is 4.28. The molecule has 182 valence electrons. The largest absolute Gasteiger partial charge is 0.493 e. The number of esters is 1. The van der Waals surface area contributed by atoms with Gasteiger partial charge in [0.05, 0.1) is 34.3 Å². The number of benzene rings is 1. The number of methoxy groups -OCH3 is 3. The van der Waals surface area contributed by atoms with Gasteiger partial charge in [0, 0.05) is 45.8 Å². The summed E-state index contributed by atoms with van der Waals surface area (Å²) in [6.45, 7) is 6.67. The van der Waals surface area contributed by atoms with E-state index in [9.17, 15) is 14.4 Å². The maximum absolute atomic E-state index is 12.9. The molecule has 1 atom stereocenters. The van der Waals surface area contributed by atoms with Gasteiger partial charge in [0.15, 0.2) is 11.5 Å². The number of hydrogen-bond acceptors (Lipinski definition) is 8. The van der Waals surface area contributed by atoms with E-state index in [0.717, 1.165) is 30.8 Å². The summed E-state index contributed by atoms with van der Waals surface area (Å²) >= 11 is 0. The van der Waals surface area contributed by atoms with Crippen LogP contribution in [0.2, 0.25) is 0 Å². The number of nitrogens with one attached hydrogen (secondary N) is 1. The van der Waals surface area contributed by atoms with Crippen LogP contribution < -0.4 is 14.8 Å². The number of amides is 2. The topological polar surface area (TPSA) is 101 Å². The van der Waals surface area contributed by atoms with E-state index in [1.165, 1.54) is 7.11 Å². The van der Waals surface area contributed by atoms with E-state index in [1.54, 1.807) is 19.1 Å². The monoisotopic (exact) mass is 462 g/mol. The third-order valence-electron chi connectivity index (χ3n) is 6.33. The van der Waals surface area contributed by atoms with E-state index in [0.29, 0.717) is 37.7 Å². The van der Waals surface area contributed by atoms with Gasteiger partial charge >= 0.3 is 5.97 Å². The Hall–Kier alpha value is -2.85. The van der Waals surface area contributed by atoms with Crippen LogP contribution in [0.5, 0.6) is 11.5 Å². The average Bonchev–Trinajstić information content (AvgIpc) is 2.82. The van der Waals surface area contributed by atoms with Crippen molar-refractivity contribution in [3.8, 4) is 11.5 Å². The molecule has 2 saturated heterocycles. The number of hydrogen-bond donors (Lipinski definition) is 1. The number of aryl methyl sites for hydroxylation is 1. The molecule has 0 aliphatic carbocycles. The highest BCUT2D eigenvalue weighted by atomic mass is 16.5. The summed E-state index contributed by atoms with van der Waals surface area (Å²) in [4.78, 5) is 42.8. The maximum Gasteiger partial charge on any atom is 0.307 e. The number of rotatable bonds is 8. The van der Waals surface area contributed by atoms with Gasteiger partial charge in [0.2, 0.25) is 11.8 Å². The molecule has 0 aromatic heterocycles. The van der Waals surface area contributed by atoms with Gasteiger partial charge in [-0.25, -0.2) is 0 Å². The Morgan fingerprint density at radius 1 is 1.03 bits per heavy atom. The fourth-order valence-electron chi connectivity index (χ4n) is 4.28. The molecule has 2 amide bonds. The molecule has 1 aromatic rings. The third-order valence-corrected chi connectivity index (χ3v) is 6.33. The second kappa shape index (κ2) is 11.3. The molecular weight excluding hydrogens is 428 g/mol. The van der Waals surface area contributed by atoms with Crippen LogP contribution in [0.15, 0.2) is 12.1 Å². The molecule has 2 aliphatic heterocycles. The highest BCUT2D eigenvalue weighted by Crippen LogP contribution is 2.31. The van der Waals surface area contributed by atoms with Crippen LogP contribution in [0, 0.1) is 6.92 Å². The van der Waals surface area contributed by atoms with Crippen molar-refractivity contribution in [3.05, 3.63) is 23.3 Å². The standard InChI is InChI=1S/C23H34N4O6/c1-16-11-19(31-2)20(32-3)12-17(16)14-25-7-9-26(10-8-25)21(28)15-27-6-5-24-23(30)18(27)13-22(29)33-4/h11-12,18H,5-10,13-15H2,1-4H3,(H,24,30)/t18-/m1/s1. The van der Waals surface area contributed by atoms with Gasteiger partial charge in [-0.15, -0.1) is 0 Å². The van der Waals surface area contributed by atoms with Crippen molar-refractivity contribution < 1.29 is 28.6 Å². The van der Waals surface area contributed by atoms with E-state index >= 15 is 0 Å². The Morgan fingerprint density at radius 3 is 2.33 bits per heavy atom. The lowest BCUT2D eigenvalue weighted by Gasteiger charge is -2.38. The first kappa shape index (κ1) is 24.8. The Morgan fingerprint density at radius 2 is 1.70 bits per heavy atom. The van der Waals surface area contributed by atoms with Gasteiger partial charge in [-0.05, 0) is 30.2 Å². The minimum absolute atomic E-state index is 0.0264. The molecule has 33 heavy (non-hydrogen) atoms. The molecular formula is C23H34N4O6. The lowest BCUT2D eigenvalue weighted by atomic mass is 10.1. The average molecular weight is 463 g/mol. The Bertz CT molecular complexity index is 869. The van der Waals surface area contributed by atoms with Crippen molar-refractivity contribution in [2.45, 2.75) is 25.9 Å². The van der Waals surface area contributed by atoms with Crippen molar-refractivity contribution >= 4 is 17.8 Å². The summed E-state index contributed by atoms with van der Waals surface area (Å²) in [6, 6.07) is 3.31.